The number of hydrogen-bond acceptors (Lipinski definition) is 2. The number of hydrogen-bond donors (Lipinski definition) is 0. The fourth-order valence-corrected chi connectivity index (χ4v) is 4.85. The molecule has 0 atom stereocenters. The van der Waals surface area contributed by atoms with Gasteiger partial charge in [0.05, 0.1) is 16.7 Å². The molecular weight excluding hydrogens is 416 g/mol. The molecule has 4 heteroatoms. The van der Waals surface area contributed by atoms with E-state index in [1.807, 2.05) is 24.3 Å². The van der Waals surface area contributed by atoms with Gasteiger partial charge in [-0.2, -0.15) is 4.98 Å². The molecule has 4 nitrogen and oxygen atoms in total. The van der Waals surface area contributed by atoms with Crippen LogP contribution >= 0.6 is 0 Å². The van der Waals surface area contributed by atoms with E-state index < -0.39 is 0 Å². The highest BCUT2D eigenvalue weighted by Crippen LogP contribution is 2.34. The maximum Gasteiger partial charge on any atom is 0.237 e. The SMILES string of the molecule is c1ccc(-c2nc(-n3c4ccccc4c4ccccc43)nc3c2ccn3-c2ccccc2)cc1. The molecule has 0 aliphatic rings. The smallest absolute Gasteiger partial charge is 0.237 e. The molecule has 0 spiro atoms. The Hall–Kier alpha value is -4.70. The third kappa shape index (κ3) is 2.79. The predicted molar refractivity (Wildman–Crippen MR) is 139 cm³/mol. The highest BCUT2D eigenvalue weighted by molar-refractivity contribution is 6.09. The summed E-state index contributed by atoms with van der Waals surface area (Å²) in [5.74, 6) is 0.666. The normalized spacial score (nSPS) is 11.5. The molecule has 3 aromatic heterocycles. The molecule has 0 N–H and O–H groups in total. The number of nitrogens with zero attached hydrogens (tertiary/aromatic N) is 4. The van der Waals surface area contributed by atoms with Gasteiger partial charge in [-0.1, -0.05) is 84.9 Å². The van der Waals surface area contributed by atoms with Gasteiger partial charge in [0.25, 0.3) is 0 Å². The van der Waals surface area contributed by atoms with Gasteiger partial charge in [-0.05, 0) is 30.3 Å². The van der Waals surface area contributed by atoms with Gasteiger partial charge < -0.3 is 4.57 Å². The summed E-state index contributed by atoms with van der Waals surface area (Å²) >= 11 is 0. The molecule has 0 amide bonds. The molecular formula is C30H20N4. The summed E-state index contributed by atoms with van der Waals surface area (Å²) in [6.07, 6.45) is 2.08. The standard InChI is InChI=1S/C30H20N4/c1-3-11-21(12-4-1)28-25-19-20-33(22-13-5-2-6-14-22)29(25)32-30(31-28)34-26-17-9-7-15-23(26)24-16-8-10-18-27(24)34/h1-20H. The maximum atomic E-state index is 5.16. The first-order valence-corrected chi connectivity index (χ1v) is 11.4. The Morgan fingerprint density at radius 1 is 0.500 bits per heavy atom. The zero-order valence-electron chi connectivity index (χ0n) is 18.3. The van der Waals surface area contributed by atoms with Crippen LogP contribution in [-0.2, 0) is 0 Å². The molecule has 34 heavy (non-hydrogen) atoms. The molecule has 0 bridgehead atoms. The first-order valence-electron chi connectivity index (χ1n) is 11.4. The van der Waals surface area contributed by atoms with Gasteiger partial charge in [-0.25, -0.2) is 4.98 Å². The first kappa shape index (κ1) is 18.8. The molecule has 0 aliphatic heterocycles. The van der Waals surface area contributed by atoms with Crippen molar-refractivity contribution in [3.05, 3.63) is 121 Å². The Labute approximate surface area is 196 Å². The zero-order valence-corrected chi connectivity index (χ0v) is 18.3. The van der Waals surface area contributed by atoms with Crippen LogP contribution in [0.5, 0.6) is 0 Å². The fourth-order valence-electron chi connectivity index (χ4n) is 4.85. The molecule has 0 radical (unpaired) electrons. The van der Waals surface area contributed by atoms with E-state index in [1.54, 1.807) is 0 Å². The quantitative estimate of drug-likeness (QED) is 0.294. The van der Waals surface area contributed by atoms with Crippen molar-refractivity contribution in [2.75, 3.05) is 0 Å². The lowest BCUT2D eigenvalue weighted by Crippen LogP contribution is -2.05. The van der Waals surface area contributed by atoms with Crippen molar-refractivity contribution in [3.8, 4) is 22.9 Å². The van der Waals surface area contributed by atoms with Gasteiger partial charge in [-0.3, -0.25) is 4.57 Å². The molecule has 4 aromatic carbocycles. The van der Waals surface area contributed by atoms with E-state index in [4.69, 9.17) is 9.97 Å². The highest BCUT2D eigenvalue weighted by atomic mass is 15.2. The van der Waals surface area contributed by atoms with E-state index in [2.05, 4.69) is 106 Å². The van der Waals surface area contributed by atoms with E-state index in [0.717, 1.165) is 39.0 Å². The molecule has 7 aromatic rings. The van der Waals surface area contributed by atoms with Crippen molar-refractivity contribution < 1.29 is 0 Å². The molecule has 3 heterocycles. The van der Waals surface area contributed by atoms with E-state index in [0.29, 0.717) is 5.95 Å². The Morgan fingerprint density at radius 3 is 1.76 bits per heavy atom. The van der Waals surface area contributed by atoms with E-state index in [1.165, 1.54) is 10.8 Å². The van der Waals surface area contributed by atoms with E-state index >= 15 is 0 Å². The monoisotopic (exact) mass is 436 g/mol. The third-order valence-corrected chi connectivity index (χ3v) is 6.39. The van der Waals surface area contributed by atoms with E-state index in [-0.39, 0.29) is 0 Å². The van der Waals surface area contributed by atoms with Gasteiger partial charge in [-0.15, -0.1) is 0 Å². The Kier molecular flexibility index (Phi) is 4.11. The number of fused-ring (bicyclic) bond motifs is 4. The minimum Gasteiger partial charge on any atom is -0.301 e. The summed E-state index contributed by atoms with van der Waals surface area (Å²) in [5, 5.41) is 3.42. The van der Waals surface area contributed by atoms with Crippen LogP contribution in [-0.4, -0.2) is 19.1 Å². The Morgan fingerprint density at radius 2 is 1.09 bits per heavy atom. The van der Waals surface area contributed by atoms with Crippen molar-refractivity contribution in [2.24, 2.45) is 0 Å². The lowest BCUT2D eigenvalue weighted by atomic mass is 10.1. The van der Waals surface area contributed by atoms with Crippen LogP contribution < -0.4 is 0 Å². The van der Waals surface area contributed by atoms with Gasteiger partial charge in [0.1, 0.15) is 0 Å². The average Bonchev–Trinajstić information content (AvgIpc) is 3.48. The number of para-hydroxylation sites is 3. The highest BCUT2D eigenvalue weighted by Gasteiger charge is 2.18. The summed E-state index contributed by atoms with van der Waals surface area (Å²) in [6.45, 7) is 0. The number of benzene rings is 4. The zero-order chi connectivity index (χ0) is 22.5. The average molecular weight is 437 g/mol. The third-order valence-electron chi connectivity index (χ3n) is 6.39. The molecule has 0 saturated heterocycles. The van der Waals surface area contributed by atoms with Crippen molar-refractivity contribution in [1.29, 1.82) is 0 Å². The van der Waals surface area contributed by atoms with Crippen LogP contribution in [0.25, 0.3) is 55.7 Å². The van der Waals surface area contributed by atoms with Crippen molar-refractivity contribution in [3.63, 3.8) is 0 Å². The second kappa shape index (κ2) is 7.42. The first-order chi connectivity index (χ1) is 16.9. The van der Waals surface area contributed by atoms with Crippen LogP contribution in [0.3, 0.4) is 0 Å². The second-order valence-corrected chi connectivity index (χ2v) is 8.37. The summed E-state index contributed by atoms with van der Waals surface area (Å²) in [7, 11) is 0. The van der Waals surface area contributed by atoms with E-state index in [9.17, 15) is 0 Å². The van der Waals surface area contributed by atoms with Crippen molar-refractivity contribution in [1.82, 2.24) is 19.1 Å². The Balaban J connectivity index is 1.61. The van der Waals surface area contributed by atoms with Crippen molar-refractivity contribution >= 4 is 32.8 Å². The van der Waals surface area contributed by atoms with Crippen LogP contribution in [0, 0.1) is 0 Å². The fraction of sp³-hybridized carbons (Fsp3) is 0. The second-order valence-electron chi connectivity index (χ2n) is 8.37. The lowest BCUT2D eigenvalue weighted by Gasteiger charge is -2.12. The van der Waals surface area contributed by atoms with Crippen LogP contribution in [0.4, 0.5) is 0 Å². The van der Waals surface area contributed by atoms with Gasteiger partial charge >= 0.3 is 0 Å². The largest absolute Gasteiger partial charge is 0.301 e. The molecule has 7 rings (SSSR count). The molecule has 0 aliphatic carbocycles. The predicted octanol–water partition coefficient (Wildman–Crippen LogP) is 7.18. The van der Waals surface area contributed by atoms with Crippen LogP contribution in [0.15, 0.2) is 121 Å². The topological polar surface area (TPSA) is 35.6 Å². The molecule has 160 valence electrons. The number of rotatable bonds is 3. The summed E-state index contributed by atoms with van der Waals surface area (Å²) in [5.41, 5.74) is 6.15. The molecule has 0 fully saturated rings. The van der Waals surface area contributed by atoms with Crippen molar-refractivity contribution in [2.45, 2.75) is 0 Å². The van der Waals surface area contributed by atoms with Crippen LogP contribution in [0.1, 0.15) is 0 Å². The summed E-state index contributed by atoms with van der Waals surface area (Å²) in [6, 6.07) is 39.7. The number of aromatic nitrogens is 4. The summed E-state index contributed by atoms with van der Waals surface area (Å²) < 4.78 is 4.32. The Bertz CT molecular complexity index is 1740. The lowest BCUT2D eigenvalue weighted by molar-refractivity contribution is 0.988. The van der Waals surface area contributed by atoms with Crippen LogP contribution in [0.2, 0.25) is 0 Å². The van der Waals surface area contributed by atoms with Gasteiger partial charge in [0.15, 0.2) is 5.65 Å². The minimum absolute atomic E-state index is 0.666. The van der Waals surface area contributed by atoms with Gasteiger partial charge in [0.2, 0.25) is 5.95 Å². The summed E-state index contributed by atoms with van der Waals surface area (Å²) in [4.78, 5) is 10.3. The minimum atomic E-state index is 0.666. The molecule has 0 saturated carbocycles. The van der Waals surface area contributed by atoms with Gasteiger partial charge in [0, 0.05) is 33.6 Å². The molecule has 0 unspecified atom stereocenters. The maximum absolute atomic E-state index is 5.16.